The van der Waals surface area contributed by atoms with Crippen LogP contribution in [0.15, 0.2) is 12.1 Å². The summed E-state index contributed by atoms with van der Waals surface area (Å²) < 4.78 is 0. The van der Waals surface area contributed by atoms with Crippen molar-refractivity contribution in [1.82, 2.24) is 20.4 Å². The lowest BCUT2D eigenvalue weighted by atomic mass is 10.2. The molecule has 1 aromatic rings. The molecule has 82 valence electrons. The van der Waals surface area contributed by atoms with E-state index in [1.54, 1.807) is 6.07 Å². The second-order valence-corrected chi connectivity index (χ2v) is 4.32. The quantitative estimate of drug-likeness (QED) is 0.815. The lowest BCUT2D eigenvalue weighted by Crippen LogP contribution is -2.48. The van der Waals surface area contributed by atoms with Gasteiger partial charge in [-0.1, -0.05) is 11.6 Å². The normalized spacial score (nSPS) is 22.9. The maximum absolute atomic E-state index is 5.68. The molecule has 1 atom stereocenters. The standard InChI is InChI=1S/C10H15ClN4/c1-8-6-15(5-4-12-8)7-9-2-3-10(11)14-13-9/h2-3,8,12H,4-7H2,1H3/t8-/m1/s1. The first-order valence-electron chi connectivity index (χ1n) is 5.18. The van der Waals surface area contributed by atoms with Crippen molar-refractivity contribution in [3.63, 3.8) is 0 Å². The van der Waals surface area contributed by atoms with Crippen LogP contribution in [0, 0.1) is 0 Å². The van der Waals surface area contributed by atoms with Gasteiger partial charge in [0.2, 0.25) is 0 Å². The number of hydrogen-bond acceptors (Lipinski definition) is 4. The Labute approximate surface area is 94.6 Å². The van der Waals surface area contributed by atoms with Crippen LogP contribution in [0.4, 0.5) is 0 Å². The summed E-state index contributed by atoms with van der Waals surface area (Å²) in [6, 6.07) is 4.27. The number of rotatable bonds is 2. The van der Waals surface area contributed by atoms with Gasteiger partial charge in [-0.25, -0.2) is 0 Å². The predicted molar refractivity (Wildman–Crippen MR) is 59.8 cm³/mol. The number of nitrogens with one attached hydrogen (secondary N) is 1. The van der Waals surface area contributed by atoms with Gasteiger partial charge >= 0.3 is 0 Å². The van der Waals surface area contributed by atoms with Gasteiger partial charge in [-0.2, -0.15) is 5.10 Å². The molecule has 1 aliphatic rings. The monoisotopic (exact) mass is 226 g/mol. The van der Waals surface area contributed by atoms with Crippen LogP contribution >= 0.6 is 11.6 Å². The molecule has 15 heavy (non-hydrogen) atoms. The van der Waals surface area contributed by atoms with E-state index in [1.807, 2.05) is 6.07 Å². The summed E-state index contributed by atoms with van der Waals surface area (Å²) in [5.74, 6) is 0. The predicted octanol–water partition coefficient (Wildman–Crippen LogP) is 0.924. The van der Waals surface area contributed by atoms with E-state index < -0.39 is 0 Å². The van der Waals surface area contributed by atoms with E-state index in [9.17, 15) is 0 Å². The maximum atomic E-state index is 5.68. The second kappa shape index (κ2) is 4.88. The summed E-state index contributed by atoms with van der Waals surface area (Å²) in [7, 11) is 0. The van der Waals surface area contributed by atoms with Gasteiger partial charge in [0, 0.05) is 32.2 Å². The lowest BCUT2D eigenvalue weighted by molar-refractivity contribution is 0.197. The zero-order valence-electron chi connectivity index (χ0n) is 8.78. The molecule has 1 saturated heterocycles. The van der Waals surface area contributed by atoms with E-state index in [0.29, 0.717) is 11.2 Å². The van der Waals surface area contributed by atoms with Crippen LogP contribution in [-0.4, -0.2) is 40.8 Å². The maximum Gasteiger partial charge on any atom is 0.151 e. The van der Waals surface area contributed by atoms with Crippen molar-refractivity contribution in [2.75, 3.05) is 19.6 Å². The van der Waals surface area contributed by atoms with Crippen LogP contribution in [0.5, 0.6) is 0 Å². The fourth-order valence-electron chi connectivity index (χ4n) is 1.81. The first kappa shape index (κ1) is 10.8. The molecule has 5 heteroatoms. The van der Waals surface area contributed by atoms with E-state index in [1.165, 1.54) is 0 Å². The van der Waals surface area contributed by atoms with Crippen molar-refractivity contribution in [3.8, 4) is 0 Å². The molecule has 4 nitrogen and oxygen atoms in total. The third-order valence-electron chi connectivity index (χ3n) is 2.53. The second-order valence-electron chi connectivity index (χ2n) is 3.94. The van der Waals surface area contributed by atoms with Crippen LogP contribution in [0.1, 0.15) is 12.6 Å². The first-order chi connectivity index (χ1) is 7.24. The molecule has 1 aromatic heterocycles. The highest BCUT2D eigenvalue weighted by Gasteiger charge is 2.15. The van der Waals surface area contributed by atoms with Gasteiger partial charge in [-0.3, -0.25) is 4.90 Å². The van der Waals surface area contributed by atoms with Crippen LogP contribution in [-0.2, 0) is 6.54 Å². The first-order valence-corrected chi connectivity index (χ1v) is 5.55. The third kappa shape index (κ3) is 3.12. The minimum Gasteiger partial charge on any atom is -0.312 e. The Bertz CT molecular complexity index is 314. The Morgan fingerprint density at radius 3 is 3.07 bits per heavy atom. The van der Waals surface area contributed by atoms with Crippen LogP contribution in [0.25, 0.3) is 0 Å². The van der Waals surface area contributed by atoms with Gasteiger partial charge in [0.05, 0.1) is 5.69 Å². The summed E-state index contributed by atoms with van der Waals surface area (Å²) in [4.78, 5) is 2.37. The number of nitrogens with zero attached hydrogens (tertiary/aromatic N) is 3. The Hall–Kier alpha value is -0.710. The lowest BCUT2D eigenvalue weighted by Gasteiger charge is -2.31. The Morgan fingerprint density at radius 1 is 1.53 bits per heavy atom. The van der Waals surface area contributed by atoms with Gasteiger partial charge in [-0.15, -0.1) is 5.10 Å². The Balaban J connectivity index is 1.93. The number of hydrogen-bond donors (Lipinski definition) is 1. The molecule has 0 saturated carbocycles. The summed E-state index contributed by atoms with van der Waals surface area (Å²) in [5.41, 5.74) is 0.980. The van der Waals surface area contributed by atoms with Crippen molar-refractivity contribution in [2.24, 2.45) is 0 Å². The van der Waals surface area contributed by atoms with Crippen molar-refractivity contribution < 1.29 is 0 Å². The largest absolute Gasteiger partial charge is 0.312 e. The van der Waals surface area contributed by atoms with Crippen molar-refractivity contribution >= 4 is 11.6 Å². The van der Waals surface area contributed by atoms with Crippen LogP contribution in [0.3, 0.4) is 0 Å². The zero-order valence-corrected chi connectivity index (χ0v) is 9.54. The summed E-state index contributed by atoms with van der Waals surface area (Å²) in [6.45, 7) is 6.22. The average Bonchev–Trinajstić information content (AvgIpc) is 2.22. The molecule has 1 N–H and O–H groups in total. The molecule has 2 rings (SSSR count). The average molecular weight is 227 g/mol. The molecule has 0 aliphatic carbocycles. The minimum atomic E-state index is 0.451. The molecule has 1 aliphatic heterocycles. The topological polar surface area (TPSA) is 41.1 Å². The molecule has 1 fully saturated rings. The van der Waals surface area contributed by atoms with Crippen LogP contribution in [0.2, 0.25) is 5.15 Å². The van der Waals surface area contributed by atoms with Crippen LogP contribution < -0.4 is 5.32 Å². The molecule has 2 heterocycles. The molecular formula is C10H15ClN4. The van der Waals surface area contributed by atoms with Crippen molar-refractivity contribution in [1.29, 1.82) is 0 Å². The van der Waals surface area contributed by atoms with E-state index in [2.05, 4.69) is 27.3 Å². The highest BCUT2D eigenvalue weighted by molar-refractivity contribution is 6.29. The fraction of sp³-hybridized carbons (Fsp3) is 0.600. The van der Waals surface area contributed by atoms with E-state index in [0.717, 1.165) is 31.9 Å². The summed E-state index contributed by atoms with van der Waals surface area (Å²) in [6.07, 6.45) is 0. The molecule has 0 unspecified atom stereocenters. The smallest absolute Gasteiger partial charge is 0.151 e. The Kier molecular flexibility index (Phi) is 3.51. The SMILES string of the molecule is C[C@@H]1CN(Cc2ccc(Cl)nn2)CCN1. The fourth-order valence-corrected chi connectivity index (χ4v) is 1.91. The van der Waals surface area contributed by atoms with E-state index >= 15 is 0 Å². The zero-order chi connectivity index (χ0) is 10.7. The number of piperazine rings is 1. The van der Waals surface area contributed by atoms with Gasteiger partial charge < -0.3 is 5.32 Å². The molecular weight excluding hydrogens is 212 g/mol. The van der Waals surface area contributed by atoms with Gasteiger partial charge in [0.25, 0.3) is 0 Å². The van der Waals surface area contributed by atoms with E-state index in [-0.39, 0.29) is 0 Å². The summed E-state index contributed by atoms with van der Waals surface area (Å²) in [5, 5.41) is 11.7. The molecule has 0 radical (unpaired) electrons. The minimum absolute atomic E-state index is 0.451. The molecule has 0 bridgehead atoms. The molecule has 0 spiro atoms. The number of aromatic nitrogens is 2. The van der Waals surface area contributed by atoms with Gasteiger partial charge in [0.1, 0.15) is 0 Å². The molecule has 0 amide bonds. The summed E-state index contributed by atoms with van der Waals surface area (Å²) >= 11 is 5.68. The van der Waals surface area contributed by atoms with Crippen molar-refractivity contribution in [3.05, 3.63) is 23.0 Å². The molecule has 0 aromatic carbocycles. The highest BCUT2D eigenvalue weighted by Crippen LogP contribution is 2.07. The highest BCUT2D eigenvalue weighted by atomic mass is 35.5. The van der Waals surface area contributed by atoms with E-state index in [4.69, 9.17) is 11.6 Å². The number of halogens is 1. The van der Waals surface area contributed by atoms with Gasteiger partial charge in [0.15, 0.2) is 5.15 Å². The van der Waals surface area contributed by atoms with Gasteiger partial charge in [-0.05, 0) is 19.1 Å². The van der Waals surface area contributed by atoms with Crippen molar-refractivity contribution in [2.45, 2.75) is 19.5 Å². The third-order valence-corrected chi connectivity index (χ3v) is 2.73. The Morgan fingerprint density at radius 2 is 2.40 bits per heavy atom.